The third-order valence-electron chi connectivity index (χ3n) is 15.3. The number of rotatable bonds is 5. The fourth-order valence-corrected chi connectivity index (χ4v) is 13.4. The SMILES string of the molecule is c1ccc(-c2ccc(N(c3ccc4c5ccccc5c5ccccc5c4c3)c3cc4c(cc3-c3ccc5sc6ccccc6c5c3)-c3ccccc3C43c4ccccc4-c4ccccc43)cc2)cc1. The molecular weight excluding hydrogens is 851 g/mol. The quantitative estimate of drug-likeness (QED) is 0.156. The van der Waals surface area contributed by atoms with Crippen LogP contribution in [0.2, 0.25) is 0 Å². The number of anilines is 3. The first kappa shape index (κ1) is 38.5. The first-order valence-corrected chi connectivity index (χ1v) is 24.7. The molecule has 13 aromatic rings. The van der Waals surface area contributed by atoms with Crippen molar-refractivity contribution in [2.45, 2.75) is 5.41 Å². The number of thiophene rings is 1. The second-order valence-electron chi connectivity index (χ2n) is 18.7. The Morgan fingerprint density at radius 2 is 0.739 bits per heavy atom. The number of hydrogen-bond acceptors (Lipinski definition) is 2. The molecule has 0 saturated heterocycles. The van der Waals surface area contributed by atoms with E-state index in [2.05, 4.69) is 254 Å². The van der Waals surface area contributed by atoms with Crippen LogP contribution in [0.3, 0.4) is 0 Å². The van der Waals surface area contributed by atoms with E-state index < -0.39 is 5.41 Å². The van der Waals surface area contributed by atoms with E-state index >= 15 is 0 Å². The van der Waals surface area contributed by atoms with E-state index in [1.807, 2.05) is 11.3 Å². The minimum Gasteiger partial charge on any atom is -0.310 e. The van der Waals surface area contributed by atoms with Crippen molar-refractivity contribution in [3.05, 3.63) is 271 Å². The van der Waals surface area contributed by atoms with Crippen LogP contribution in [0, 0.1) is 0 Å². The summed E-state index contributed by atoms with van der Waals surface area (Å²) in [5.74, 6) is 0. The molecule has 0 saturated carbocycles. The summed E-state index contributed by atoms with van der Waals surface area (Å²) in [6.07, 6.45) is 0. The van der Waals surface area contributed by atoms with Gasteiger partial charge in [-0.1, -0.05) is 194 Å². The molecule has 2 heteroatoms. The molecule has 1 aromatic heterocycles. The van der Waals surface area contributed by atoms with Gasteiger partial charge in [0.25, 0.3) is 0 Å². The van der Waals surface area contributed by atoms with Gasteiger partial charge < -0.3 is 4.90 Å². The van der Waals surface area contributed by atoms with Gasteiger partial charge in [0, 0.05) is 37.1 Å². The molecule has 69 heavy (non-hydrogen) atoms. The predicted octanol–water partition coefficient (Wildman–Crippen LogP) is 18.7. The lowest BCUT2D eigenvalue weighted by Gasteiger charge is -2.33. The van der Waals surface area contributed by atoms with Crippen molar-refractivity contribution < 1.29 is 0 Å². The Kier molecular flexibility index (Phi) is 8.22. The van der Waals surface area contributed by atoms with Gasteiger partial charge in [-0.05, 0) is 148 Å². The molecule has 0 N–H and O–H groups in total. The molecule has 320 valence electrons. The molecular formula is C67H41NS. The Balaban J connectivity index is 1.07. The first-order valence-electron chi connectivity index (χ1n) is 23.9. The van der Waals surface area contributed by atoms with Gasteiger partial charge in [-0.2, -0.15) is 0 Å². The molecule has 15 rings (SSSR count). The summed E-state index contributed by atoms with van der Waals surface area (Å²) in [6, 6.07) is 93.5. The van der Waals surface area contributed by atoms with Crippen LogP contribution in [-0.2, 0) is 5.41 Å². The van der Waals surface area contributed by atoms with Crippen LogP contribution in [-0.4, -0.2) is 0 Å². The summed E-state index contributed by atoms with van der Waals surface area (Å²) in [4.78, 5) is 2.55. The lowest BCUT2D eigenvalue weighted by atomic mass is 9.70. The number of fused-ring (bicyclic) bond motifs is 19. The van der Waals surface area contributed by atoms with E-state index in [0.717, 1.165) is 17.1 Å². The van der Waals surface area contributed by atoms with Gasteiger partial charge in [0.2, 0.25) is 0 Å². The molecule has 12 aromatic carbocycles. The van der Waals surface area contributed by atoms with Gasteiger partial charge in [0.15, 0.2) is 0 Å². The van der Waals surface area contributed by atoms with Crippen LogP contribution in [0.4, 0.5) is 17.1 Å². The van der Waals surface area contributed by atoms with E-state index in [1.54, 1.807) is 0 Å². The van der Waals surface area contributed by atoms with E-state index in [1.165, 1.54) is 119 Å². The fraction of sp³-hybridized carbons (Fsp3) is 0.0149. The largest absolute Gasteiger partial charge is 0.310 e. The molecule has 0 atom stereocenters. The van der Waals surface area contributed by atoms with E-state index in [4.69, 9.17) is 0 Å². The predicted molar refractivity (Wildman–Crippen MR) is 294 cm³/mol. The van der Waals surface area contributed by atoms with Crippen LogP contribution in [0.25, 0.3) is 97.0 Å². The van der Waals surface area contributed by atoms with Gasteiger partial charge >= 0.3 is 0 Å². The lowest BCUT2D eigenvalue weighted by Crippen LogP contribution is -2.26. The average molecular weight is 892 g/mol. The van der Waals surface area contributed by atoms with E-state index in [0.29, 0.717) is 0 Å². The van der Waals surface area contributed by atoms with Crippen molar-refractivity contribution in [2.24, 2.45) is 0 Å². The van der Waals surface area contributed by atoms with Crippen molar-refractivity contribution in [3.63, 3.8) is 0 Å². The Morgan fingerprint density at radius 1 is 0.261 bits per heavy atom. The van der Waals surface area contributed by atoms with Crippen LogP contribution in [0.1, 0.15) is 22.3 Å². The van der Waals surface area contributed by atoms with Crippen molar-refractivity contribution in [3.8, 4) is 44.5 Å². The molecule has 0 radical (unpaired) electrons. The molecule has 0 unspecified atom stereocenters. The summed E-state index contributed by atoms with van der Waals surface area (Å²) in [6.45, 7) is 0. The number of hydrogen-bond donors (Lipinski definition) is 0. The van der Waals surface area contributed by atoms with Gasteiger partial charge in [-0.15, -0.1) is 11.3 Å². The highest BCUT2D eigenvalue weighted by atomic mass is 32.1. The van der Waals surface area contributed by atoms with Crippen LogP contribution < -0.4 is 4.90 Å². The van der Waals surface area contributed by atoms with Crippen LogP contribution in [0.5, 0.6) is 0 Å². The maximum absolute atomic E-state index is 2.58. The molecule has 1 nitrogen and oxygen atoms in total. The second-order valence-corrected chi connectivity index (χ2v) is 19.8. The summed E-state index contributed by atoms with van der Waals surface area (Å²) in [5, 5.41) is 10.2. The van der Waals surface area contributed by atoms with Crippen molar-refractivity contribution >= 4 is 80.9 Å². The minimum atomic E-state index is -0.513. The van der Waals surface area contributed by atoms with Gasteiger partial charge in [0.1, 0.15) is 0 Å². The normalized spacial score (nSPS) is 13.0. The van der Waals surface area contributed by atoms with Crippen molar-refractivity contribution in [2.75, 3.05) is 4.90 Å². The van der Waals surface area contributed by atoms with Crippen LogP contribution in [0.15, 0.2) is 249 Å². The zero-order valence-electron chi connectivity index (χ0n) is 37.5. The molecule has 1 spiro atoms. The van der Waals surface area contributed by atoms with Crippen molar-refractivity contribution in [1.82, 2.24) is 0 Å². The molecule has 2 aliphatic carbocycles. The summed E-state index contributed by atoms with van der Waals surface area (Å²) >= 11 is 1.87. The molecule has 0 amide bonds. The highest BCUT2D eigenvalue weighted by Crippen LogP contribution is 2.64. The highest BCUT2D eigenvalue weighted by molar-refractivity contribution is 7.25. The molecule has 0 fully saturated rings. The van der Waals surface area contributed by atoms with Crippen LogP contribution >= 0.6 is 11.3 Å². The Labute approximate surface area is 404 Å². The fourth-order valence-electron chi connectivity index (χ4n) is 12.3. The molecule has 1 heterocycles. The summed E-state index contributed by atoms with van der Waals surface area (Å²) < 4.78 is 2.61. The zero-order valence-corrected chi connectivity index (χ0v) is 38.3. The topological polar surface area (TPSA) is 3.24 Å². The number of nitrogens with zero attached hydrogens (tertiary/aromatic N) is 1. The Morgan fingerprint density at radius 3 is 1.39 bits per heavy atom. The molecule has 0 aliphatic heterocycles. The van der Waals surface area contributed by atoms with Gasteiger partial charge in [0.05, 0.1) is 11.1 Å². The average Bonchev–Trinajstić information content (AvgIpc) is 4.05. The zero-order chi connectivity index (χ0) is 45.2. The Hall–Kier alpha value is -8.56. The van der Waals surface area contributed by atoms with Gasteiger partial charge in [-0.25, -0.2) is 0 Å². The van der Waals surface area contributed by atoms with Crippen molar-refractivity contribution in [1.29, 1.82) is 0 Å². The lowest BCUT2D eigenvalue weighted by molar-refractivity contribution is 0.794. The minimum absolute atomic E-state index is 0.513. The third-order valence-corrected chi connectivity index (χ3v) is 16.4. The van der Waals surface area contributed by atoms with Gasteiger partial charge in [-0.3, -0.25) is 0 Å². The standard InChI is InChI=1S/C67H41NS/c1-2-16-42(17-3-1)43-30-33-45(34-31-43)68(46-35-36-51-49-20-5-4-18-47(49)48-19-6-7-21-50(48)57(51)39-46)64-41-63-58(40-56(64)44-32-37-66-59(38-44)55-25-11-15-29-65(55)69-66)54-24-10-14-28-62(54)67(63)60-26-12-8-22-52(60)53-23-9-13-27-61(53)67/h1-41H. The molecule has 0 bridgehead atoms. The maximum Gasteiger partial charge on any atom is 0.0726 e. The summed E-state index contributed by atoms with van der Waals surface area (Å²) in [5.41, 5.74) is 18.1. The monoisotopic (exact) mass is 891 g/mol. The van der Waals surface area contributed by atoms with E-state index in [-0.39, 0.29) is 0 Å². The third kappa shape index (κ3) is 5.46. The first-order chi connectivity index (χ1) is 34.2. The maximum atomic E-state index is 2.58. The second kappa shape index (κ2) is 14.7. The molecule has 2 aliphatic rings. The summed E-state index contributed by atoms with van der Waals surface area (Å²) in [7, 11) is 0. The smallest absolute Gasteiger partial charge is 0.0726 e. The Bertz CT molecular complexity index is 4170. The van der Waals surface area contributed by atoms with E-state index in [9.17, 15) is 0 Å². The number of benzene rings is 12. The highest BCUT2D eigenvalue weighted by Gasteiger charge is 2.52.